The van der Waals surface area contributed by atoms with Gasteiger partial charge < -0.3 is 14.7 Å². The SMILES string of the molecule is CC(C)C(O)C1CCCN(C(=O)OC(C)(C)C)C1. The summed E-state index contributed by atoms with van der Waals surface area (Å²) in [6.07, 6.45) is 1.32. The summed E-state index contributed by atoms with van der Waals surface area (Å²) in [7, 11) is 0. The van der Waals surface area contributed by atoms with Gasteiger partial charge >= 0.3 is 6.09 Å². The van der Waals surface area contributed by atoms with Crippen molar-refractivity contribution in [1.82, 2.24) is 4.90 Å². The highest BCUT2D eigenvalue weighted by Gasteiger charge is 2.31. The summed E-state index contributed by atoms with van der Waals surface area (Å²) in [5.74, 6) is 0.403. The zero-order valence-corrected chi connectivity index (χ0v) is 12.3. The third-order valence-electron chi connectivity index (χ3n) is 3.28. The van der Waals surface area contributed by atoms with Crippen molar-refractivity contribution in [3.05, 3.63) is 0 Å². The third kappa shape index (κ3) is 4.48. The Morgan fingerprint density at radius 3 is 2.50 bits per heavy atom. The minimum atomic E-state index is -0.458. The maximum Gasteiger partial charge on any atom is 0.410 e. The zero-order valence-electron chi connectivity index (χ0n) is 12.3. The summed E-state index contributed by atoms with van der Waals surface area (Å²) in [5, 5.41) is 10.1. The molecule has 2 unspecified atom stereocenters. The van der Waals surface area contributed by atoms with Crippen LogP contribution in [0.25, 0.3) is 0 Å². The summed E-state index contributed by atoms with van der Waals surface area (Å²) in [4.78, 5) is 13.7. The average Bonchev–Trinajstić information content (AvgIpc) is 2.25. The van der Waals surface area contributed by atoms with Crippen molar-refractivity contribution in [2.24, 2.45) is 11.8 Å². The molecule has 0 spiro atoms. The molecule has 1 aliphatic rings. The number of likely N-dealkylation sites (tertiary alicyclic amines) is 1. The normalized spacial score (nSPS) is 23.1. The number of ether oxygens (including phenoxy) is 1. The number of hydrogen-bond acceptors (Lipinski definition) is 3. The van der Waals surface area contributed by atoms with Crippen LogP contribution in [-0.2, 0) is 4.74 Å². The molecule has 106 valence electrons. The number of amides is 1. The van der Waals surface area contributed by atoms with Crippen molar-refractivity contribution in [3.63, 3.8) is 0 Å². The second-order valence-electron chi connectivity index (χ2n) is 6.56. The first-order valence-corrected chi connectivity index (χ1v) is 6.86. The molecule has 2 atom stereocenters. The quantitative estimate of drug-likeness (QED) is 0.827. The number of rotatable bonds is 2. The van der Waals surface area contributed by atoms with Crippen LogP contribution in [0.2, 0.25) is 0 Å². The van der Waals surface area contributed by atoms with E-state index in [0.717, 1.165) is 19.4 Å². The Balaban J connectivity index is 2.56. The first-order valence-electron chi connectivity index (χ1n) is 6.86. The van der Waals surface area contributed by atoms with Crippen molar-refractivity contribution in [2.45, 2.75) is 59.2 Å². The maximum absolute atomic E-state index is 12.0. The lowest BCUT2D eigenvalue weighted by molar-refractivity contribution is -0.00620. The van der Waals surface area contributed by atoms with Gasteiger partial charge in [-0.05, 0) is 39.5 Å². The van der Waals surface area contributed by atoms with Gasteiger partial charge in [0.2, 0.25) is 0 Å². The predicted molar refractivity (Wildman–Crippen MR) is 71.4 cm³/mol. The molecule has 0 aromatic rings. The van der Waals surface area contributed by atoms with E-state index in [4.69, 9.17) is 4.74 Å². The number of aliphatic hydroxyl groups excluding tert-OH is 1. The second kappa shape index (κ2) is 5.91. The number of carbonyl (C=O) groups is 1. The van der Waals surface area contributed by atoms with Gasteiger partial charge in [-0.1, -0.05) is 13.8 Å². The standard InChI is InChI=1S/C14H27NO3/c1-10(2)12(16)11-7-6-8-15(9-11)13(17)18-14(3,4)5/h10-12,16H,6-9H2,1-5H3. The molecule has 1 N–H and O–H groups in total. The molecule has 0 saturated carbocycles. The van der Waals surface area contributed by atoms with Crippen molar-refractivity contribution in [3.8, 4) is 0 Å². The molecule has 4 nitrogen and oxygen atoms in total. The molecule has 0 radical (unpaired) electrons. The van der Waals surface area contributed by atoms with Gasteiger partial charge in [-0.25, -0.2) is 4.79 Å². The molecule has 1 saturated heterocycles. The Bertz CT molecular complexity index is 283. The largest absolute Gasteiger partial charge is 0.444 e. The number of nitrogens with zero attached hydrogens (tertiary/aromatic N) is 1. The van der Waals surface area contributed by atoms with Gasteiger partial charge in [0.15, 0.2) is 0 Å². The van der Waals surface area contributed by atoms with Gasteiger partial charge in [0, 0.05) is 19.0 Å². The Kier molecular flexibility index (Phi) is 5.02. The van der Waals surface area contributed by atoms with E-state index in [-0.39, 0.29) is 24.0 Å². The summed E-state index contributed by atoms with van der Waals surface area (Å²) in [5.41, 5.74) is -0.458. The highest BCUT2D eigenvalue weighted by Crippen LogP contribution is 2.25. The molecule has 1 aliphatic heterocycles. The number of aliphatic hydroxyl groups is 1. The van der Waals surface area contributed by atoms with E-state index in [9.17, 15) is 9.90 Å². The van der Waals surface area contributed by atoms with Gasteiger partial charge in [0.1, 0.15) is 5.60 Å². The van der Waals surface area contributed by atoms with Gasteiger partial charge in [-0.3, -0.25) is 0 Å². The van der Waals surface area contributed by atoms with Crippen LogP contribution in [0.4, 0.5) is 4.79 Å². The van der Waals surface area contributed by atoms with Crippen LogP contribution in [0.15, 0.2) is 0 Å². The molecular weight excluding hydrogens is 230 g/mol. The lowest BCUT2D eigenvalue weighted by Gasteiger charge is -2.37. The fraction of sp³-hybridized carbons (Fsp3) is 0.929. The van der Waals surface area contributed by atoms with E-state index in [1.165, 1.54) is 0 Å². The number of piperidine rings is 1. The van der Waals surface area contributed by atoms with Crippen LogP contribution in [0.5, 0.6) is 0 Å². The minimum absolute atomic E-state index is 0.172. The molecule has 1 heterocycles. The van der Waals surface area contributed by atoms with Crippen molar-refractivity contribution >= 4 is 6.09 Å². The first-order chi connectivity index (χ1) is 8.20. The Morgan fingerprint density at radius 2 is 2.00 bits per heavy atom. The lowest BCUT2D eigenvalue weighted by Crippen LogP contribution is -2.46. The summed E-state index contributed by atoms with van der Waals surface area (Å²) >= 11 is 0. The molecule has 1 amide bonds. The summed E-state index contributed by atoms with van der Waals surface area (Å²) in [6.45, 7) is 11.0. The van der Waals surface area contributed by atoms with Gasteiger partial charge in [-0.2, -0.15) is 0 Å². The summed E-state index contributed by atoms with van der Waals surface area (Å²) < 4.78 is 5.37. The van der Waals surface area contributed by atoms with Crippen molar-refractivity contribution in [2.75, 3.05) is 13.1 Å². The van der Waals surface area contributed by atoms with E-state index in [1.807, 2.05) is 34.6 Å². The molecule has 0 aromatic carbocycles. The second-order valence-corrected chi connectivity index (χ2v) is 6.56. The molecule has 18 heavy (non-hydrogen) atoms. The predicted octanol–water partition coefficient (Wildman–Crippen LogP) is 2.65. The Morgan fingerprint density at radius 1 is 1.39 bits per heavy atom. The summed E-state index contributed by atoms with van der Waals surface area (Å²) in [6, 6.07) is 0. The van der Waals surface area contributed by atoms with Crippen molar-refractivity contribution in [1.29, 1.82) is 0 Å². The van der Waals surface area contributed by atoms with Gasteiger partial charge in [0.25, 0.3) is 0 Å². The number of hydrogen-bond donors (Lipinski definition) is 1. The molecule has 1 rings (SSSR count). The van der Waals surface area contributed by atoms with Crippen LogP contribution in [0.1, 0.15) is 47.5 Å². The first kappa shape index (κ1) is 15.3. The van der Waals surface area contributed by atoms with Crippen LogP contribution >= 0.6 is 0 Å². The Labute approximate surface area is 110 Å². The smallest absolute Gasteiger partial charge is 0.410 e. The van der Waals surface area contributed by atoms with E-state index >= 15 is 0 Å². The maximum atomic E-state index is 12.0. The molecule has 0 aromatic heterocycles. The lowest BCUT2D eigenvalue weighted by atomic mass is 9.87. The highest BCUT2D eigenvalue weighted by atomic mass is 16.6. The van der Waals surface area contributed by atoms with Crippen LogP contribution < -0.4 is 0 Å². The molecule has 1 fully saturated rings. The topological polar surface area (TPSA) is 49.8 Å². The van der Waals surface area contributed by atoms with E-state index in [0.29, 0.717) is 6.54 Å². The highest BCUT2D eigenvalue weighted by molar-refractivity contribution is 5.68. The van der Waals surface area contributed by atoms with Crippen LogP contribution in [-0.4, -0.2) is 40.9 Å². The van der Waals surface area contributed by atoms with Gasteiger partial charge in [0.05, 0.1) is 6.10 Å². The Hall–Kier alpha value is -0.770. The molecule has 4 heteroatoms. The third-order valence-corrected chi connectivity index (χ3v) is 3.28. The van der Waals surface area contributed by atoms with Crippen LogP contribution in [0, 0.1) is 11.8 Å². The minimum Gasteiger partial charge on any atom is -0.444 e. The van der Waals surface area contributed by atoms with Crippen molar-refractivity contribution < 1.29 is 14.6 Å². The fourth-order valence-corrected chi connectivity index (χ4v) is 2.33. The van der Waals surface area contributed by atoms with Gasteiger partial charge in [-0.15, -0.1) is 0 Å². The zero-order chi connectivity index (χ0) is 13.9. The van der Waals surface area contributed by atoms with E-state index in [1.54, 1.807) is 4.90 Å². The molecular formula is C14H27NO3. The number of carbonyl (C=O) groups excluding carboxylic acids is 1. The monoisotopic (exact) mass is 257 g/mol. The average molecular weight is 257 g/mol. The molecule has 0 aliphatic carbocycles. The fourth-order valence-electron chi connectivity index (χ4n) is 2.33. The van der Waals surface area contributed by atoms with E-state index in [2.05, 4.69) is 0 Å². The molecule has 0 bridgehead atoms. The van der Waals surface area contributed by atoms with E-state index < -0.39 is 5.60 Å². The van der Waals surface area contributed by atoms with Crippen LogP contribution in [0.3, 0.4) is 0 Å².